The Hall–Kier alpha value is -1.88. The molecule has 100 valence electrons. The molecular weight excluding hydrogens is 244 g/mol. The van der Waals surface area contributed by atoms with Gasteiger partial charge in [0.25, 0.3) is 0 Å². The molecule has 5 heteroatoms. The lowest BCUT2D eigenvalue weighted by Crippen LogP contribution is -2.28. The van der Waals surface area contributed by atoms with Crippen molar-refractivity contribution >= 4 is 11.6 Å². The minimum Gasteiger partial charge on any atom is -0.455 e. The van der Waals surface area contributed by atoms with Crippen LogP contribution in [0.3, 0.4) is 0 Å². The Bertz CT molecular complexity index is 593. The van der Waals surface area contributed by atoms with Crippen molar-refractivity contribution in [3.05, 3.63) is 36.3 Å². The van der Waals surface area contributed by atoms with E-state index in [-0.39, 0.29) is 18.2 Å². The minimum atomic E-state index is -0.340. The van der Waals surface area contributed by atoms with Gasteiger partial charge in [0, 0.05) is 13.3 Å². The summed E-state index contributed by atoms with van der Waals surface area (Å²) in [4.78, 5) is 16.4. The Kier molecular flexibility index (Phi) is 3.21. The molecule has 0 amide bonds. The maximum absolute atomic E-state index is 12.2. The molecule has 1 aliphatic rings. The van der Waals surface area contributed by atoms with Crippen LogP contribution in [0, 0.1) is 0 Å². The minimum absolute atomic E-state index is 0.0168. The van der Waals surface area contributed by atoms with Crippen LogP contribution in [-0.4, -0.2) is 34.7 Å². The summed E-state index contributed by atoms with van der Waals surface area (Å²) < 4.78 is 12.6. The van der Waals surface area contributed by atoms with Crippen molar-refractivity contribution < 1.29 is 14.3 Å². The molecule has 19 heavy (non-hydrogen) atoms. The number of fused-ring (bicyclic) bond motifs is 1. The normalized spacial score (nSPS) is 22.8. The van der Waals surface area contributed by atoms with Crippen LogP contribution in [0.25, 0.3) is 5.65 Å². The number of esters is 1. The Labute approximate surface area is 111 Å². The molecule has 2 heterocycles. The van der Waals surface area contributed by atoms with Crippen molar-refractivity contribution in [2.24, 2.45) is 0 Å². The third kappa shape index (κ3) is 2.21. The van der Waals surface area contributed by atoms with E-state index in [4.69, 9.17) is 9.47 Å². The first-order chi connectivity index (χ1) is 9.29. The number of aromatic nitrogens is 2. The highest BCUT2D eigenvalue weighted by Crippen LogP contribution is 2.25. The number of carbonyl (C=O) groups excluding carboxylic acids is 1. The highest BCUT2D eigenvalue weighted by molar-refractivity contribution is 5.88. The van der Waals surface area contributed by atoms with Crippen LogP contribution < -0.4 is 0 Å². The molecule has 0 aliphatic heterocycles. The fraction of sp³-hybridized carbons (Fsp3) is 0.429. The molecule has 2 aromatic heterocycles. The number of pyridine rings is 1. The second-order valence-electron chi connectivity index (χ2n) is 4.72. The van der Waals surface area contributed by atoms with Crippen molar-refractivity contribution in [3.8, 4) is 0 Å². The predicted octanol–water partition coefficient (Wildman–Crippen LogP) is 2.06. The molecular formula is C14H16N2O3. The standard InChI is InChI=1S/C14H16N2O3/c1-18-11-5-4-6-12(11)19-14(17)10-9-15-13-7-2-3-8-16(10)13/h2-3,7-9,11-12H,4-6H2,1H3/t11-,12+/m1/s1. The second kappa shape index (κ2) is 5.01. The first-order valence-electron chi connectivity index (χ1n) is 6.45. The second-order valence-corrected chi connectivity index (χ2v) is 4.72. The molecule has 0 spiro atoms. The van der Waals surface area contributed by atoms with Gasteiger partial charge in [-0.1, -0.05) is 6.07 Å². The molecule has 1 saturated carbocycles. The van der Waals surface area contributed by atoms with E-state index in [1.807, 2.05) is 18.2 Å². The number of nitrogens with zero attached hydrogens (tertiary/aromatic N) is 2. The number of imidazole rings is 1. The zero-order chi connectivity index (χ0) is 13.2. The average Bonchev–Trinajstić information content (AvgIpc) is 3.04. The van der Waals surface area contributed by atoms with Gasteiger partial charge in [-0.3, -0.25) is 4.40 Å². The number of hydrogen-bond donors (Lipinski definition) is 0. The smallest absolute Gasteiger partial charge is 0.357 e. The summed E-state index contributed by atoms with van der Waals surface area (Å²) in [6.45, 7) is 0. The van der Waals surface area contributed by atoms with Gasteiger partial charge in [-0.15, -0.1) is 0 Å². The van der Waals surface area contributed by atoms with Crippen molar-refractivity contribution in [3.63, 3.8) is 0 Å². The van der Waals surface area contributed by atoms with Gasteiger partial charge in [0.15, 0.2) is 5.69 Å². The van der Waals surface area contributed by atoms with Gasteiger partial charge in [-0.2, -0.15) is 0 Å². The highest BCUT2D eigenvalue weighted by Gasteiger charge is 2.31. The van der Waals surface area contributed by atoms with E-state index in [9.17, 15) is 4.79 Å². The molecule has 0 radical (unpaired) electrons. The highest BCUT2D eigenvalue weighted by atomic mass is 16.6. The van der Waals surface area contributed by atoms with Crippen LogP contribution in [0.1, 0.15) is 29.8 Å². The van der Waals surface area contributed by atoms with Crippen molar-refractivity contribution in [2.45, 2.75) is 31.5 Å². The maximum Gasteiger partial charge on any atom is 0.357 e. The average molecular weight is 260 g/mol. The molecule has 0 unspecified atom stereocenters. The summed E-state index contributed by atoms with van der Waals surface area (Å²) in [5, 5.41) is 0. The summed E-state index contributed by atoms with van der Waals surface area (Å²) in [5.41, 5.74) is 1.20. The fourth-order valence-corrected chi connectivity index (χ4v) is 2.58. The lowest BCUT2D eigenvalue weighted by atomic mass is 10.2. The third-order valence-corrected chi connectivity index (χ3v) is 3.58. The van der Waals surface area contributed by atoms with E-state index in [0.29, 0.717) is 5.69 Å². The SMILES string of the molecule is CO[C@@H]1CCC[C@@H]1OC(=O)c1cnc2ccccn12. The fourth-order valence-electron chi connectivity index (χ4n) is 2.58. The van der Waals surface area contributed by atoms with Gasteiger partial charge in [0.1, 0.15) is 11.8 Å². The Morgan fingerprint density at radius 1 is 1.37 bits per heavy atom. The molecule has 0 saturated heterocycles. The summed E-state index contributed by atoms with van der Waals surface area (Å²) in [6.07, 6.45) is 6.07. The molecule has 0 N–H and O–H groups in total. The van der Waals surface area contributed by atoms with Gasteiger partial charge >= 0.3 is 5.97 Å². The molecule has 1 aliphatic carbocycles. The number of rotatable bonds is 3. The molecule has 2 aromatic rings. The number of ether oxygens (including phenoxy) is 2. The van der Waals surface area contributed by atoms with Crippen LogP contribution >= 0.6 is 0 Å². The number of hydrogen-bond acceptors (Lipinski definition) is 4. The van der Waals surface area contributed by atoms with Crippen molar-refractivity contribution in [1.82, 2.24) is 9.38 Å². The van der Waals surface area contributed by atoms with Gasteiger partial charge in [0.2, 0.25) is 0 Å². The van der Waals surface area contributed by atoms with Crippen LogP contribution in [0.15, 0.2) is 30.6 Å². The zero-order valence-electron chi connectivity index (χ0n) is 10.8. The van der Waals surface area contributed by atoms with Gasteiger partial charge in [0.05, 0.1) is 12.3 Å². The van der Waals surface area contributed by atoms with Crippen molar-refractivity contribution in [2.75, 3.05) is 7.11 Å². The van der Waals surface area contributed by atoms with E-state index in [1.165, 1.54) is 0 Å². The lowest BCUT2D eigenvalue weighted by molar-refractivity contribution is -0.0211. The Balaban J connectivity index is 1.80. The first kappa shape index (κ1) is 12.2. The monoisotopic (exact) mass is 260 g/mol. The molecule has 1 fully saturated rings. The van der Waals surface area contributed by atoms with E-state index in [1.54, 1.807) is 23.9 Å². The summed E-state index contributed by atoms with van der Waals surface area (Å²) in [7, 11) is 1.66. The quantitative estimate of drug-likeness (QED) is 0.793. The Morgan fingerprint density at radius 2 is 2.21 bits per heavy atom. The van der Waals surface area contributed by atoms with Crippen LogP contribution in [0.2, 0.25) is 0 Å². The van der Waals surface area contributed by atoms with E-state index >= 15 is 0 Å². The number of methoxy groups -OCH3 is 1. The topological polar surface area (TPSA) is 52.8 Å². The van der Waals surface area contributed by atoms with Crippen LogP contribution in [0.4, 0.5) is 0 Å². The zero-order valence-corrected chi connectivity index (χ0v) is 10.8. The van der Waals surface area contributed by atoms with Gasteiger partial charge in [-0.25, -0.2) is 9.78 Å². The van der Waals surface area contributed by atoms with E-state index < -0.39 is 0 Å². The predicted molar refractivity (Wildman–Crippen MR) is 69.0 cm³/mol. The van der Waals surface area contributed by atoms with Crippen molar-refractivity contribution in [1.29, 1.82) is 0 Å². The molecule has 2 atom stereocenters. The Morgan fingerprint density at radius 3 is 3.05 bits per heavy atom. The first-order valence-corrected chi connectivity index (χ1v) is 6.45. The summed E-state index contributed by atoms with van der Waals surface area (Å²) >= 11 is 0. The maximum atomic E-state index is 12.2. The van der Waals surface area contributed by atoms with Crippen LogP contribution in [-0.2, 0) is 9.47 Å². The molecule has 0 bridgehead atoms. The molecule has 3 rings (SSSR count). The molecule has 0 aromatic carbocycles. The van der Waals surface area contributed by atoms with E-state index in [2.05, 4.69) is 4.98 Å². The number of carbonyl (C=O) groups is 1. The largest absolute Gasteiger partial charge is 0.455 e. The summed E-state index contributed by atoms with van der Waals surface area (Å²) in [5.74, 6) is -0.340. The van der Waals surface area contributed by atoms with Gasteiger partial charge in [-0.05, 0) is 31.4 Å². The lowest BCUT2D eigenvalue weighted by Gasteiger charge is -2.18. The summed E-state index contributed by atoms with van der Waals surface area (Å²) in [6, 6.07) is 5.60. The third-order valence-electron chi connectivity index (χ3n) is 3.58. The van der Waals surface area contributed by atoms with Crippen LogP contribution in [0.5, 0.6) is 0 Å². The van der Waals surface area contributed by atoms with E-state index in [0.717, 1.165) is 24.9 Å². The van der Waals surface area contributed by atoms with Gasteiger partial charge < -0.3 is 9.47 Å². The molecule has 5 nitrogen and oxygen atoms in total.